The summed E-state index contributed by atoms with van der Waals surface area (Å²) < 4.78 is 15.9. The van der Waals surface area contributed by atoms with Crippen LogP contribution in [0.25, 0.3) is 72.3 Å². The predicted molar refractivity (Wildman–Crippen MR) is 298 cm³/mol. The van der Waals surface area contributed by atoms with E-state index >= 15 is 0 Å². The largest absolute Gasteiger partial charge is 0.483 e. The van der Waals surface area contributed by atoms with E-state index in [9.17, 15) is 0 Å². The molecule has 4 aliphatic rings. The van der Waals surface area contributed by atoms with Gasteiger partial charge < -0.3 is 19.3 Å². The maximum atomic E-state index is 6.99. The predicted octanol–water partition coefficient (Wildman–Crippen LogP) is 16.3. The van der Waals surface area contributed by atoms with Gasteiger partial charge in [-0.2, -0.15) is 0 Å². The zero-order valence-corrected chi connectivity index (χ0v) is 40.4. The van der Waals surface area contributed by atoms with E-state index in [1.165, 1.54) is 44.6 Å². The zero-order valence-electron chi connectivity index (χ0n) is 40.4. The molecule has 0 fully saturated rings. The van der Waals surface area contributed by atoms with Crippen LogP contribution in [0.4, 0.5) is 22.7 Å². The van der Waals surface area contributed by atoms with Crippen LogP contribution in [0, 0.1) is 0 Å². The van der Waals surface area contributed by atoms with Crippen LogP contribution in [0.15, 0.2) is 243 Å². The van der Waals surface area contributed by atoms with Crippen molar-refractivity contribution in [1.82, 2.24) is 19.5 Å². The SMILES string of the molecule is c1ccc(-c2cc(-c3ccccc3)cc(N3c4ccc(-c5ccc6c(c5)c5cc(-c7ccc8c(c7)C7Oc9ccccc9C7N8c7ccccc7)ccc5n6-c5ncncn5)cc4C4Oc5ccccc5C43)c2)cc1. The van der Waals surface area contributed by atoms with E-state index in [0.717, 1.165) is 78.2 Å². The van der Waals surface area contributed by atoms with Crippen LogP contribution in [-0.4, -0.2) is 19.5 Å². The van der Waals surface area contributed by atoms with E-state index < -0.39 is 0 Å². The molecule has 0 spiro atoms. The molecule has 8 nitrogen and oxygen atoms in total. The number of hydrogen-bond acceptors (Lipinski definition) is 7. The number of anilines is 4. The molecule has 2 aromatic heterocycles. The molecule has 16 rings (SSSR count). The lowest BCUT2D eigenvalue weighted by Crippen LogP contribution is -2.20. The maximum Gasteiger partial charge on any atom is 0.237 e. The molecule has 0 saturated heterocycles. The van der Waals surface area contributed by atoms with Crippen molar-refractivity contribution in [3.8, 4) is 62.0 Å². The Morgan fingerprint density at radius 1 is 0.333 bits per heavy atom. The molecule has 4 unspecified atom stereocenters. The van der Waals surface area contributed by atoms with Gasteiger partial charge in [-0.25, -0.2) is 15.0 Å². The molecule has 8 heteroatoms. The highest BCUT2D eigenvalue weighted by Crippen LogP contribution is 2.61. The first-order valence-electron chi connectivity index (χ1n) is 25.6. The molecule has 354 valence electrons. The summed E-state index contributed by atoms with van der Waals surface area (Å²) in [5.41, 5.74) is 20.5. The third-order valence-electron chi connectivity index (χ3n) is 15.9. The summed E-state index contributed by atoms with van der Waals surface area (Å²) in [5, 5.41) is 2.21. The second-order valence-corrected chi connectivity index (χ2v) is 19.9. The van der Waals surface area contributed by atoms with Crippen molar-refractivity contribution in [3.05, 3.63) is 265 Å². The Morgan fingerprint density at radius 3 is 1.29 bits per heavy atom. The van der Waals surface area contributed by atoms with Crippen molar-refractivity contribution >= 4 is 44.6 Å². The quantitative estimate of drug-likeness (QED) is 0.158. The highest BCUT2D eigenvalue weighted by Gasteiger charge is 2.49. The fourth-order valence-electron chi connectivity index (χ4n) is 12.6. The Balaban J connectivity index is 0.830. The molecule has 75 heavy (non-hydrogen) atoms. The molecule has 4 atom stereocenters. The van der Waals surface area contributed by atoms with Gasteiger partial charge in [-0.05, 0) is 136 Å². The maximum absolute atomic E-state index is 6.99. The van der Waals surface area contributed by atoms with Crippen LogP contribution >= 0.6 is 0 Å². The summed E-state index contributed by atoms with van der Waals surface area (Å²) in [5.74, 6) is 2.44. The van der Waals surface area contributed by atoms with Crippen molar-refractivity contribution in [2.45, 2.75) is 24.3 Å². The van der Waals surface area contributed by atoms with Crippen LogP contribution in [0.3, 0.4) is 0 Å². The Labute approximate surface area is 433 Å². The first-order chi connectivity index (χ1) is 37.2. The summed E-state index contributed by atoms with van der Waals surface area (Å²) in [7, 11) is 0. The van der Waals surface area contributed by atoms with Crippen molar-refractivity contribution in [2.24, 2.45) is 0 Å². The van der Waals surface area contributed by atoms with Gasteiger partial charge >= 0.3 is 0 Å². The number of rotatable bonds is 7. The topological polar surface area (TPSA) is 68.5 Å². The van der Waals surface area contributed by atoms with Gasteiger partial charge in [-0.15, -0.1) is 0 Å². The molecular formula is C67H44N6O2. The van der Waals surface area contributed by atoms with Gasteiger partial charge in [0.05, 0.1) is 11.0 Å². The minimum Gasteiger partial charge on any atom is -0.483 e. The molecule has 0 radical (unpaired) electrons. The average molecular weight is 965 g/mol. The Hall–Kier alpha value is -9.79. The average Bonchev–Trinajstić information content (AvgIpc) is 4.29. The molecule has 6 heterocycles. The van der Waals surface area contributed by atoms with Crippen LogP contribution in [-0.2, 0) is 0 Å². The van der Waals surface area contributed by atoms with Crippen molar-refractivity contribution in [2.75, 3.05) is 9.80 Å². The summed E-state index contributed by atoms with van der Waals surface area (Å²) in [6, 6.07) is 83.3. The van der Waals surface area contributed by atoms with E-state index in [2.05, 4.69) is 260 Å². The minimum atomic E-state index is -0.207. The highest BCUT2D eigenvalue weighted by atomic mass is 16.5. The first-order valence-corrected chi connectivity index (χ1v) is 25.6. The Morgan fingerprint density at radius 2 is 0.773 bits per heavy atom. The van der Waals surface area contributed by atoms with Crippen LogP contribution in [0.5, 0.6) is 11.5 Å². The Kier molecular flexibility index (Phi) is 9.12. The number of ether oxygens (including phenoxy) is 2. The van der Waals surface area contributed by atoms with E-state index in [0.29, 0.717) is 5.95 Å². The summed E-state index contributed by atoms with van der Waals surface area (Å²) >= 11 is 0. The molecule has 0 bridgehead atoms. The fraction of sp³-hybridized carbons (Fsp3) is 0.0597. The number of benzene rings is 10. The fourth-order valence-corrected chi connectivity index (χ4v) is 12.6. The highest BCUT2D eigenvalue weighted by molar-refractivity contribution is 6.11. The molecular weight excluding hydrogens is 921 g/mol. The van der Waals surface area contributed by atoms with E-state index in [4.69, 9.17) is 9.47 Å². The number of fused-ring (bicyclic) bond motifs is 13. The lowest BCUT2D eigenvalue weighted by molar-refractivity contribution is 0.223. The van der Waals surface area contributed by atoms with Gasteiger partial charge in [0, 0.05) is 55.8 Å². The van der Waals surface area contributed by atoms with Crippen LogP contribution in [0.1, 0.15) is 46.5 Å². The molecule has 10 aromatic carbocycles. The van der Waals surface area contributed by atoms with Crippen LogP contribution in [0.2, 0.25) is 0 Å². The van der Waals surface area contributed by atoms with Crippen molar-refractivity contribution in [3.63, 3.8) is 0 Å². The van der Waals surface area contributed by atoms with Gasteiger partial charge in [0.1, 0.15) is 36.2 Å². The smallest absolute Gasteiger partial charge is 0.237 e. The lowest BCUT2D eigenvalue weighted by Gasteiger charge is -2.28. The molecule has 0 saturated carbocycles. The second kappa shape index (κ2) is 16.4. The number of hydrogen-bond donors (Lipinski definition) is 0. The lowest BCUT2D eigenvalue weighted by atomic mass is 9.96. The monoisotopic (exact) mass is 964 g/mol. The second-order valence-electron chi connectivity index (χ2n) is 19.9. The summed E-state index contributed by atoms with van der Waals surface area (Å²) in [6.07, 6.45) is 2.78. The third kappa shape index (κ3) is 6.45. The van der Waals surface area contributed by atoms with Crippen LogP contribution < -0.4 is 19.3 Å². The molecule has 4 aliphatic heterocycles. The molecule has 0 amide bonds. The summed E-state index contributed by atoms with van der Waals surface area (Å²) in [4.78, 5) is 18.5. The van der Waals surface area contributed by atoms with Gasteiger partial charge in [-0.1, -0.05) is 140 Å². The summed E-state index contributed by atoms with van der Waals surface area (Å²) in [6.45, 7) is 0. The first kappa shape index (κ1) is 41.8. The minimum absolute atomic E-state index is 0.0372. The van der Waals surface area contributed by atoms with Crippen molar-refractivity contribution in [1.29, 1.82) is 0 Å². The standard InChI is InChI=1S/C67H44N6O2/c1-4-14-41(15-5-1)47-32-48(42-16-6-2-7-17-42)34-50(33-47)72-60-31-27-46(38-56(60)66-64(72)52-21-11-13-23-62(52)75-66)44-25-29-58-54(36-44)53-35-43(24-28-57(53)73(58)67-69-39-68-40-70-67)45-26-30-59-55(37-45)65-63(51-20-10-12-22-61(51)74-65)71(59)49-18-8-3-9-19-49/h1-40,63-66H. The molecule has 0 aliphatic carbocycles. The number of nitrogens with zero attached hydrogens (tertiary/aromatic N) is 6. The van der Waals surface area contributed by atoms with Gasteiger partial charge in [0.2, 0.25) is 5.95 Å². The van der Waals surface area contributed by atoms with Gasteiger partial charge in [-0.3, -0.25) is 4.57 Å². The van der Waals surface area contributed by atoms with Gasteiger partial charge in [0.15, 0.2) is 12.2 Å². The zero-order chi connectivity index (χ0) is 49.1. The van der Waals surface area contributed by atoms with E-state index in [1.54, 1.807) is 12.7 Å². The van der Waals surface area contributed by atoms with Crippen molar-refractivity contribution < 1.29 is 9.47 Å². The molecule has 0 N–H and O–H groups in total. The van der Waals surface area contributed by atoms with Gasteiger partial charge in [0.25, 0.3) is 0 Å². The number of para-hydroxylation sites is 3. The normalized spacial score (nSPS) is 17.5. The number of aromatic nitrogens is 4. The molecule has 12 aromatic rings. The Bertz CT molecular complexity index is 4180. The van der Waals surface area contributed by atoms with E-state index in [1.807, 2.05) is 0 Å². The third-order valence-corrected chi connectivity index (χ3v) is 15.9. The van der Waals surface area contributed by atoms with E-state index in [-0.39, 0.29) is 24.3 Å².